The van der Waals surface area contributed by atoms with Crippen LogP contribution in [0.1, 0.15) is 5.56 Å². The van der Waals surface area contributed by atoms with E-state index in [9.17, 15) is 5.11 Å². The normalized spacial score (nSPS) is 10.6. The zero-order valence-electron chi connectivity index (χ0n) is 6.86. The van der Waals surface area contributed by atoms with Crippen LogP contribution in [0, 0.1) is 0 Å². The van der Waals surface area contributed by atoms with Gasteiger partial charge in [0.15, 0.2) is 11.5 Å². The average molecular weight is 246 g/mol. The zero-order chi connectivity index (χ0) is 9.84. The summed E-state index contributed by atoms with van der Waals surface area (Å²) >= 11 is 3.13. The summed E-state index contributed by atoms with van der Waals surface area (Å²) in [5.41, 5.74) is 0.629. The molecule has 0 atom stereocenters. The first-order valence-corrected chi connectivity index (χ1v) is 4.22. The number of phenolic OH excluding ortho intramolecular Hbond substituents is 1. The predicted molar refractivity (Wildman–Crippen MR) is 51.7 cm³/mol. The molecule has 2 N–H and O–H groups in total. The van der Waals surface area contributed by atoms with Gasteiger partial charge < -0.3 is 15.1 Å². The molecule has 0 heterocycles. The number of aromatic hydroxyl groups is 1. The van der Waals surface area contributed by atoms with Gasteiger partial charge in [-0.3, -0.25) is 0 Å². The molecular weight excluding hydrogens is 238 g/mol. The van der Waals surface area contributed by atoms with Crippen molar-refractivity contribution < 1.29 is 15.1 Å². The SMILES string of the molecule is COc1cc(/C=N\O)cc(Br)c1O. The molecule has 0 amide bonds. The monoisotopic (exact) mass is 245 g/mol. The van der Waals surface area contributed by atoms with E-state index in [2.05, 4.69) is 21.1 Å². The molecule has 0 saturated heterocycles. The van der Waals surface area contributed by atoms with Gasteiger partial charge in [-0.05, 0) is 28.1 Å². The second kappa shape index (κ2) is 4.13. The second-order valence-electron chi connectivity index (χ2n) is 2.30. The van der Waals surface area contributed by atoms with Crippen molar-refractivity contribution in [3.63, 3.8) is 0 Å². The number of hydrogen-bond donors (Lipinski definition) is 2. The summed E-state index contributed by atoms with van der Waals surface area (Å²) in [4.78, 5) is 0. The van der Waals surface area contributed by atoms with Crippen molar-refractivity contribution in [1.29, 1.82) is 0 Å². The molecule has 4 nitrogen and oxygen atoms in total. The van der Waals surface area contributed by atoms with E-state index in [-0.39, 0.29) is 5.75 Å². The molecular formula is C8H8BrNO3. The van der Waals surface area contributed by atoms with Gasteiger partial charge >= 0.3 is 0 Å². The Kier molecular flexibility index (Phi) is 3.13. The number of phenols is 1. The molecule has 0 aromatic heterocycles. The highest BCUT2D eigenvalue weighted by Gasteiger charge is 2.07. The van der Waals surface area contributed by atoms with Gasteiger partial charge in [0.25, 0.3) is 0 Å². The first kappa shape index (κ1) is 9.85. The van der Waals surface area contributed by atoms with Gasteiger partial charge in [-0.15, -0.1) is 0 Å². The van der Waals surface area contributed by atoms with Crippen LogP contribution in [0.2, 0.25) is 0 Å². The number of oxime groups is 1. The fourth-order valence-corrected chi connectivity index (χ4v) is 1.35. The first-order chi connectivity index (χ1) is 6.19. The maximum absolute atomic E-state index is 9.41. The van der Waals surface area contributed by atoms with E-state index < -0.39 is 0 Å². The molecule has 0 unspecified atom stereocenters. The number of nitrogens with zero attached hydrogens (tertiary/aromatic N) is 1. The summed E-state index contributed by atoms with van der Waals surface area (Å²) < 4.78 is 5.38. The molecule has 0 spiro atoms. The van der Waals surface area contributed by atoms with Gasteiger partial charge in [0.05, 0.1) is 17.8 Å². The molecule has 1 aromatic carbocycles. The minimum Gasteiger partial charge on any atom is -0.503 e. The Hall–Kier alpha value is -1.23. The largest absolute Gasteiger partial charge is 0.503 e. The molecule has 70 valence electrons. The quantitative estimate of drug-likeness (QED) is 0.476. The minimum absolute atomic E-state index is 0.0255. The molecule has 5 heteroatoms. The Morgan fingerprint density at radius 3 is 2.77 bits per heavy atom. The van der Waals surface area contributed by atoms with E-state index in [1.807, 2.05) is 0 Å². The van der Waals surface area contributed by atoms with Crippen molar-refractivity contribution in [2.45, 2.75) is 0 Å². The molecule has 0 radical (unpaired) electrons. The standard InChI is InChI=1S/C8H8BrNO3/c1-13-7-3-5(4-10-12)2-6(9)8(7)11/h2-4,11-12H,1H3/b10-4-. The summed E-state index contributed by atoms with van der Waals surface area (Å²) in [6.07, 6.45) is 1.24. The fraction of sp³-hybridized carbons (Fsp3) is 0.125. The van der Waals surface area contributed by atoms with Crippen LogP contribution in [0.25, 0.3) is 0 Å². The van der Waals surface area contributed by atoms with E-state index in [1.165, 1.54) is 13.3 Å². The first-order valence-electron chi connectivity index (χ1n) is 3.43. The van der Waals surface area contributed by atoms with Gasteiger partial charge in [-0.1, -0.05) is 5.16 Å². The Morgan fingerprint density at radius 2 is 2.23 bits per heavy atom. The van der Waals surface area contributed by atoms with Crippen LogP contribution in [0.4, 0.5) is 0 Å². The van der Waals surface area contributed by atoms with Gasteiger partial charge in [-0.2, -0.15) is 0 Å². The third kappa shape index (κ3) is 2.12. The van der Waals surface area contributed by atoms with Crippen molar-refractivity contribution in [3.8, 4) is 11.5 Å². The predicted octanol–water partition coefficient (Wildman–Crippen LogP) is 1.97. The Balaban J connectivity index is 3.21. The molecule has 0 saturated carbocycles. The third-order valence-corrected chi connectivity index (χ3v) is 2.08. The third-order valence-electron chi connectivity index (χ3n) is 1.48. The number of rotatable bonds is 2. The highest BCUT2D eigenvalue weighted by molar-refractivity contribution is 9.10. The molecule has 0 aliphatic heterocycles. The lowest BCUT2D eigenvalue weighted by Gasteiger charge is -2.05. The summed E-state index contributed by atoms with van der Waals surface area (Å²) in [5.74, 6) is 0.349. The van der Waals surface area contributed by atoms with Gasteiger partial charge in [-0.25, -0.2) is 0 Å². The lowest BCUT2D eigenvalue weighted by molar-refractivity contribution is 0.321. The van der Waals surface area contributed by atoms with Crippen LogP contribution < -0.4 is 4.74 Å². The van der Waals surface area contributed by atoms with Gasteiger partial charge in [0.2, 0.25) is 0 Å². The molecule has 1 aromatic rings. The van der Waals surface area contributed by atoms with E-state index in [1.54, 1.807) is 12.1 Å². The zero-order valence-corrected chi connectivity index (χ0v) is 8.45. The summed E-state index contributed by atoms with van der Waals surface area (Å²) in [5, 5.41) is 20.6. The van der Waals surface area contributed by atoms with Crippen molar-refractivity contribution in [1.82, 2.24) is 0 Å². The Morgan fingerprint density at radius 1 is 1.54 bits per heavy atom. The molecule has 0 fully saturated rings. The molecule has 13 heavy (non-hydrogen) atoms. The second-order valence-corrected chi connectivity index (χ2v) is 3.15. The fourth-order valence-electron chi connectivity index (χ4n) is 0.891. The van der Waals surface area contributed by atoms with E-state index in [0.717, 1.165) is 0 Å². The smallest absolute Gasteiger partial charge is 0.172 e. The van der Waals surface area contributed by atoms with Crippen LogP contribution in [0.5, 0.6) is 11.5 Å². The van der Waals surface area contributed by atoms with E-state index >= 15 is 0 Å². The van der Waals surface area contributed by atoms with Crippen LogP contribution in [0.3, 0.4) is 0 Å². The minimum atomic E-state index is 0.0255. The molecule has 0 aliphatic rings. The lowest BCUT2D eigenvalue weighted by Crippen LogP contribution is -1.88. The summed E-state index contributed by atoms with van der Waals surface area (Å²) in [6, 6.07) is 3.16. The summed E-state index contributed by atoms with van der Waals surface area (Å²) in [7, 11) is 1.45. The number of halogens is 1. The van der Waals surface area contributed by atoms with Crippen LogP contribution in [-0.4, -0.2) is 23.6 Å². The van der Waals surface area contributed by atoms with Crippen LogP contribution in [0.15, 0.2) is 21.8 Å². The van der Waals surface area contributed by atoms with E-state index in [0.29, 0.717) is 15.8 Å². The maximum Gasteiger partial charge on any atom is 0.172 e. The van der Waals surface area contributed by atoms with E-state index in [4.69, 9.17) is 9.94 Å². The van der Waals surface area contributed by atoms with Crippen LogP contribution in [-0.2, 0) is 0 Å². The topological polar surface area (TPSA) is 62.0 Å². The number of methoxy groups -OCH3 is 1. The van der Waals surface area contributed by atoms with Crippen molar-refractivity contribution in [2.75, 3.05) is 7.11 Å². The van der Waals surface area contributed by atoms with Gasteiger partial charge in [0.1, 0.15) is 0 Å². The number of benzene rings is 1. The maximum atomic E-state index is 9.41. The van der Waals surface area contributed by atoms with Crippen molar-refractivity contribution in [2.24, 2.45) is 5.16 Å². The average Bonchev–Trinajstić information content (AvgIpc) is 2.11. The Labute approximate surface area is 83.6 Å². The summed E-state index contributed by atoms with van der Waals surface area (Å²) in [6.45, 7) is 0. The Bertz CT molecular complexity index is 338. The molecule has 1 rings (SSSR count). The van der Waals surface area contributed by atoms with Crippen LogP contribution >= 0.6 is 15.9 Å². The lowest BCUT2D eigenvalue weighted by atomic mass is 10.2. The van der Waals surface area contributed by atoms with Crippen molar-refractivity contribution >= 4 is 22.1 Å². The van der Waals surface area contributed by atoms with Gasteiger partial charge in [0, 0.05) is 5.56 Å². The van der Waals surface area contributed by atoms with Crippen molar-refractivity contribution in [3.05, 3.63) is 22.2 Å². The highest BCUT2D eigenvalue weighted by atomic mass is 79.9. The highest BCUT2D eigenvalue weighted by Crippen LogP contribution is 2.34. The number of ether oxygens (including phenoxy) is 1. The molecule has 0 aliphatic carbocycles. The molecule has 0 bridgehead atoms. The number of hydrogen-bond acceptors (Lipinski definition) is 4.